The Morgan fingerprint density at radius 1 is 1.12 bits per heavy atom. The average Bonchev–Trinajstić information content (AvgIpc) is 2.17. The first-order valence-corrected chi connectivity index (χ1v) is 5.79. The maximum Gasteiger partial charge on any atom is 0.0808 e. The fourth-order valence-corrected chi connectivity index (χ4v) is 1.65. The first-order valence-electron chi connectivity index (χ1n) is 5.79. The molecule has 16 heavy (non-hydrogen) atoms. The third-order valence-electron chi connectivity index (χ3n) is 2.40. The number of aliphatic hydroxyl groups is 3. The summed E-state index contributed by atoms with van der Waals surface area (Å²) in [6.07, 6.45) is 5.98. The SMILES string of the molecule is CC=CC(O)C(C=CCO)C(O)CC(C)C. The highest BCUT2D eigenvalue weighted by Crippen LogP contribution is 2.19. The third kappa shape index (κ3) is 6.05. The Morgan fingerprint density at radius 3 is 2.19 bits per heavy atom. The molecule has 0 saturated heterocycles. The molecule has 0 rings (SSSR count). The molecule has 0 aromatic carbocycles. The summed E-state index contributed by atoms with van der Waals surface area (Å²) in [6.45, 7) is 5.80. The van der Waals surface area contributed by atoms with Gasteiger partial charge in [0.05, 0.1) is 18.8 Å². The van der Waals surface area contributed by atoms with Gasteiger partial charge < -0.3 is 15.3 Å². The number of rotatable bonds is 7. The van der Waals surface area contributed by atoms with Crippen molar-refractivity contribution in [2.45, 2.75) is 39.4 Å². The zero-order valence-corrected chi connectivity index (χ0v) is 10.4. The Kier molecular flexibility index (Phi) is 8.16. The van der Waals surface area contributed by atoms with Crippen molar-refractivity contribution in [2.75, 3.05) is 6.61 Å². The molecule has 0 bridgehead atoms. The third-order valence-corrected chi connectivity index (χ3v) is 2.40. The average molecular weight is 228 g/mol. The minimum atomic E-state index is -0.707. The first-order chi connectivity index (χ1) is 7.52. The van der Waals surface area contributed by atoms with Crippen LogP contribution in [-0.2, 0) is 0 Å². The molecule has 0 spiro atoms. The van der Waals surface area contributed by atoms with Crippen molar-refractivity contribution >= 4 is 0 Å². The Morgan fingerprint density at radius 2 is 1.75 bits per heavy atom. The van der Waals surface area contributed by atoms with E-state index >= 15 is 0 Å². The van der Waals surface area contributed by atoms with Gasteiger partial charge in [0.1, 0.15) is 0 Å². The molecule has 0 aromatic rings. The summed E-state index contributed by atoms with van der Waals surface area (Å²) in [6, 6.07) is 0. The number of aliphatic hydroxyl groups excluding tert-OH is 3. The lowest BCUT2D eigenvalue weighted by atomic mass is 9.89. The highest BCUT2D eigenvalue weighted by molar-refractivity contribution is 5.02. The molecule has 0 amide bonds. The van der Waals surface area contributed by atoms with Crippen molar-refractivity contribution < 1.29 is 15.3 Å². The second kappa shape index (κ2) is 8.50. The smallest absolute Gasteiger partial charge is 0.0808 e. The fourth-order valence-electron chi connectivity index (χ4n) is 1.65. The minimum absolute atomic E-state index is 0.0759. The molecule has 94 valence electrons. The van der Waals surface area contributed by atoms with Crippen molar-refractivity contribution in [1.29, 1.82) is 0 Å². The van der Waals surface area contributed by atoms with Crippen molar-refractivity contribution in [1.82, 2.24) is 0 Å². The lowest BCUT2D eigenvalue weighted by Crippen LogP contribution is -2.30. The molecule has 3 nitrogen and oxygen atoms in total. The fraction of sp³-hybridized carbons (Fsp3) is 0.692. The standard InChI is InChI=1S/C13H24O3/c1-4-6-12(15)11(7-5-8-14)13(16)9-10(2)3/h4-7,10-16H,8-9H2,1-3H3. The van der Waals surface area contributed by atoms with E-state index in [9.17, 15) is 10.2 Å². The van der Waals surface area contributed by atoms with Crippen LogP contribution in [0.15, 0.2) is 24.3 Å². The molecule has 0 aromatic heterocycles. The molecule has 3 heteroatoms. The molecule has 0 aliphatic rings. The van der Waals surface area contributed by atoms with Crippen LogP contribution in [-0.4, -0.2) is 34.1 Å². The van der Waals surface area contributed by atoms with Crippen molar-refractivity contribution in [2.24, 2.45) is 11.8 Å². The van der Waals surface area contributed by atoms with Gasteiger partial charge >= 0.3 is 0 Å². The number of allylic oxidation sites excluding steroid dienone is 1. The molecule has 0 heterocycles. The molecular weight excluding hydrogens is 204 g/mol. The van der Waals surface area contributed by atoms with E-state index in [-0.39, 0.29) is 12.5 Å². The second-order valence-corrected chi connectivity index (χ2v) is 4.40. The van der Waals surface area contributed by atoms with Crippen LogP contribution in [0.5, 0.6) is 0 Å². The van der Waals surface area contributed by atoms with E-state index in [1.165, 1.54) is 0 Å². The summed E-state index contributed by atoms with van der Waals surface area (Å²) in [4.78, 5) is 0. The van der Waals surface area contributed by atoms with Crippen LogP contribution in [0.3, 0.4) is 0 Å². The van der Waals surface area contributed by atoms with Gasteiger partial charge in [-0.25, -0.2) is 0 Å². The number of hydrogen-bond donors (Lipinski definition) is 3. The Labute approximate surface area is 98.1 Å². The quantitative estimate of drug-likeness (QED) is 0.579. The van der Waals surface area contributed by atoms with Gasteiger partial charge in [0.2, 0.25) is 0 Å². The molecule has 0 aliphatic carbocycles. The molecule has 0 saturated carbocycles. The topological polar surface area (TPSA) is 60.7 Å². The van der Waals surface area contributed by atoms with Gasteiger partial charge in [-0.2, -0.15) is 0 Å². The zero-order chi connectivity index (χ0) is 12.6. The van der Waals surface area contributed by atoms with E-state index in [0.717, 1.165) is 0 Å². The molecular formula is C13H24O3. The van der Waals surface area contributed by atoms with Crippen molar-refractivity contribution in [3.8, 4) is 0 Å². The zero-order valence-electron chi connectivity index (χ0n) is 10.4. The van der Waals surface area contributed by atoms with Crippen molar-refractivity contribution in [3.05, 3.63) is 24.3 Å². The highest BCUT2D eigenvalue weighted by atomic mass is 16.3. The normalized spacial score (nSPS) is 18.4. The van der Waals surface area contributed by atoms with Crippen LogP contribution >= 0.6 is 0 Å². The van der Waals surface area contributed by atoms with Crippen LogP contribution in [0.1, 0.15) is 27.2 Å². The summed E-state index contributed by atoms with van der Waals surface area (Å²) >= 11 is 0. The summed E-state index contributed by atoms with van der Waals surface area (Å²) in [5, 5.41) is 28.5. The lowest BCUT2D eigenvalue weighted by molar-refractivity contribution is 0.0467. The number of hydrogen-bond acceptors (Lipinski definition) is 3. The molecule has 3 atom stereocenters. The van der Waals surface area contributed by atoms with Crippen LogP contribution in [0.2, 0.25) is 0 Å². The van der Waals surface area contributed by atoms with Gasteiger partial charge in [-0.3, -0.25) is 0 Å². The summed E-state index contributed by atoms with van der Waals surface area (Å²) in [5.74, 6) is 0.0172. The van der Waals surface area contributed by atoms with Crippen LogP contribution < -0.4 is 0 Å². The molecule has 0 fully saturated rings. The van der Waals surface area contributed by atoms with Gasteiger partial charge in [0, 0.05) is 5.92 Å². The predicted octanol–water partition coefficient (Wildman–Crippen LogP) is 1.50. The summed E-state index contributed by atoms with van der Waals surface area (Å²) in [5.41, 5.74) is 0. The summed E-state index contributed by atoms with van der Waals surface area (Å²) in [7, 11) is 0. The van der Waals surface area contributed by atoms with E-state index in [1.807, 2.05) is 20.8 Å². The van der Waals surface area contributed by atoms with Crippen molar-refractivity contribution in [3.63, 3.8) is 0 Å². The predicted molar refractivity (Wildman–Crippen MR) is 66.0 cm³/mol. The molecule has 0 radical (unpaired) electrons. The minimum Gasteiger partial charge on any atom is -0.392 e. The van der Waals surface area contributed by atoms with E-state index in [4.69, 9.17) is 5.11 Å². The maximum absolute atomic E-state index is 9.98. The maximum atomic E-state index is 9.98. The first kappa shape index (κ1) is 15.4. The highest BCUT2D eigenvalue weighted by Gasteiger charge is 2.23. The van der Waals surface area contributed by atoms with Gasteiger partial charge in [0.15, 0.2) is 0 Å². The summed E-state index contributed by atoms with van der Waals surface area (Å²) < 4.78 is 0. The largest absolute Gasteiger partial charge is 0.392 e. The molecule has 3 unspecified atom stereocenters. The van der Waals surface area contributed by atoms with Crippen LogP contribution in [0, 0.1) is 11.8 Å². The molecule has 3 N–H and O–H groups in total. The van der Waals surface area contributed by atoms with E-state index in [0.29, 0.717) is 12.3 Å². The van der Waals surface area contributed by atoms with Crippen LogP contribution in [0.4, 0.5) is 0 Å². The van der Waals surface area contributed by atoms with E-state index in [2.05, 4.69) is 0 Å². The Hall–Kier alpha value is -0.640. The Balaban J connectivity index is 4.57. The molecule has 0 aliphatic heterocycles. The monoisotopic (exact) mass is 228 g/mol. The van der Waals surface area contributed by atoms with Gasteiger partial charge in [-0.05, 0) is 19.3 Å². The second-order valence-electron chi connectivity index (χ2n) is 4.40. The van der Waals surface area contributed by atoms with Crippen LogP contribution in [0.25, 0.3) is 0 Å². The van der Waals surface area contributed by atoms with E-state index in [1.54, 1.807) is 24.3 Å². The Bertz CT molecular complexity index is 221. The van der Waals surface area contributed by atoms with Gasteiger partial charge in [0.25, 0.3) is 0 Å². The lowest BCUT2D eigenvalue weighted by Gasteiger charge is -2.24. The van der Waals surface area contributed by atoms with Gasteiger partial charge in [-0.1, -0.05) is 38.2 Å². The van der Waals surface area contributed by atoms with Gasteiger partial charge in [-0.15, -0.1) is 0 Å². The van der Waals surface area contributed by atoms with E-state index < -0.39 is 12.2 Å².